The molecular formula is C15H20O2. The van der Waals surface area contributed by atoms with E-state index < -0.39 is 0 Å². The highest BCUT2D eigenvalue weighted by molar-refractivity contribution is 5.83. The lowest BCUT2D eigenvalue weighted by atomic mass is 9.79. The maximum atomic E-state index is 12.4. The fourth-order valence-electron chi connectivity index (χ4n) is 2.67. The van der Waals surface area contributed by atoms with Crippen LogP contribution in [0.5, 0.6) is 0 Å². The van der Waals surface area contributed by atoms with Crippen LogP contribution in [0.1, 0.15) is 45.1 Å². The minimum Gasteiger partial charge on any atom is -0.462 e. The number of hydrogen-bond donors (Lipinski definition) is 0. The molecule has 0 radical (unpaired) electrons. The lowest BCUT2D eigenvalue weighted by molar-refractivity contribution is -0.154. The van der Waals surface area contributed by atoms with Crippen LogP contribution in [0, 0.1) is 0 Å². The fourth-order valence-corrected chi connectivity index (χ4v) is 2.67. The maximum Gasteiger partial charge on any atom is 0.316 e. The molecule has 1 aromatic carbocycles. The summed E-state index contributed by atoms with van der Waals surface area (Å²) >= 11 is 0. The molecule has 1 fully saturated rings. The van der Waals surface area contributed by atoms with Gasteiger partial charge in [-0.15, -0.1) is 0 Å². The molecule has 2 rings (SSSR count). The van der Waals surface area contributed by atoms with Crippen LogP contribution < -0.4 is 0 Å². The molecule has 2 nitrogen and oxygen atoms in total. The zero-order valence-electron chi connectivity index (χ0n) is 10.6. The highest BCUT2D eigenvalue weighted by Crippen LogP contribution is 2.42. The maximum absolute atomic E-state index is 12.4. The molecule has 2 heteroatoms. The van der Waals surface area contributed by atoms with Crippen molar-refractivity contribution < 1.29 is 9.53 Å². The van der Waals surface area contributed by atoms with Crippen molar-refractivity contribution in [2.45, 2.75) is 51.0 Å². The summed E-state index contributed by atoms with van der Waals surface area (Å²) in [7, 11) is 0. The zero-order valence-corrected chi connectivity index (χ0v) is 10.6. The van der Waals surface area contributed by atoms with Gasteiger partial charge in [-0.25, -0.2) is 0 Å². The molecule has 0 atom stereocenters. The second kappa shape index (κ2) is 4.91. The van der Waals surface area contributed by atoms with E-state index in [0.717, 1.165) is 31.2 Å². The minimum atomic E-state index is -0.383. The molecule has 1 saturated carbocycles. The second-order valence-electron chi connectivity index (χ2n) is 5.11. The number of ether oxygens (including phenoxy) is 1. The zero-order chi connectivity index (χ0) is 12.3. The summed E-state index contributed by atoms with van der Waals surface area (Å²) in [4.78, 5) is 12.4. The molecule has 92 valence electrons. The molecule has 0 bridgehead atoms. The Bertz CT molecular complexity index is 375. The molecule has 0 unspecified atom stereocenters. The number of rotatable bonds is 3. The molecule has 0 saturated heterocycles. The van der Waals surface area contributed by atoms with Crippen molar-refractivity contribution >= 4 is 5.97 Å². The second-order valence-corrected chi connectivity index (χ2v) is 5.11. The van der Waals surface area contributed by atoms with Crippen molar-refractivity contribution in [1.29, 1.82) is 0 Å². The number of carbonyl (C=O) groups excluding carboxylic acids is 1. The van der Waals surface area contributed by atoms with Crippen LogP contribution in [0.15, 0.2) is 30.3 Å². The van der Waals surface area contributed by atoms with Crippen LogP contribution in [-0.4, -0.2) is 12.1 Å². The monoisotopic (exact) mass is 232 g/mol. The molecule has 0 N–H and O–H groups in total. The topological polar surface area (TPSA) is 26.3 Å². The molecule has 0 aromatic heterocycles. The first kappa shape index (κ1) is 12.2. The highest BCUT2D eigenvalue weighted by atomic mass is 16.5. The summed E-state index contributed by atoms with van der Waals surface area (Å²) < 4.78 is 5.45. The minimum absolute atomic E-state index is 0.0383. The van der Waals surface area contributed by atoms with E-state index in [0.29, 0.717) is 0 Å². The van der Waals surface area contributed by atoms with E-state index in [2.05, 4.69) is 0 Å². The standard InChI is InChI=1S/C15H20O2/c1-12(2)17-14(16)15(10-6-7-11-15)13-8-4-3-5-9-13/h3-5,8-9,12H,6-7,10-11H2,1-2H3. The average molecular weight is 232 g/mol. The smallest absolute Gasteiger partial charge is 0.316 e. The summed E-state index contributed by atoms with van der Waals surface area (Å²) in [6, 6.07) is 10.1. The normalized spacial score (nSPS) is 18.3. The van der Waals surface area contributed by atoms with Crippen LogP contribution in [0.4, 0.5) is 0 Å². The predicted octanol–water partition coefficient (Wildman–Crippen LogP) is 3.45. The molecule has 1 aliphatic carbocycles. The van der Waals surface area contributed by atoms with E-state index in [1.54, 1.807) is 0 Å². The highest BCUT2D eigenvalue weighted by Gasteiger charge is 2.44. The molecular weight excluding hydrogens is 212 g/mol. The lowest BCUT2D eigenvalue weighted by Gasteiger charge is -2.28. The first-order valence-corrected chi connectivity index (χ1v) is 6.42. The van der Waals surface area contributed by atoms with E-state index in [9.17, 15) is 4.79 Å². The summed E-state index contributed by atoms with van der Waals surface area (Å²) in [6.07, 6.45) is 4.03. The Kier molecular flexibility index (Phi) is 3.51. The van der Waals surface area contributed by atoms with Crippen LogP contribution in [-0.2, 0) is 14.9 Å². The van der Waals surface area contributed by atoms with Gasteiger partial charge in [0.15, 0.2) is 0 Å². The van der Waals surface area contributed by atoms with Gasteiger partial charge < -0.3 is 4.74 Å². The molecule has 1 aliphatic rings. The van der Waals surface area contributed by atoms with Gasteiger partial charge in [0.05, 0.1) is 11.5 Å². The van der Waals surface area contributed by atoms with Gasteiger partial charge in [-0.05, 0) is 32.3 Å². The molecule has 0 spiro atoms. The van der Waals surface area contributed by atoms with Gasteiger partial charge in [0.1, 0.15) is 0 Å². The molecule has 0 amide bonds. The van der Waals surface area contributed by atoms with Crippen LogP contribution in [0.2, 0.25) is 0 Å². The number of benzene rings is 1. The van der Waals surface area contributed by atoms with Gasteiger partial charge in [0, 0.05) is 0 Å². The molecule has 1 aromatic rings. The fraction of sp³-hybridized carbons (Fsp3) is 0.533. The van der Waals surface area contributed by atoms with Gasteiger partial charge in [-0.1, -0.05) is 43.2 Å². The molecule has 17 heavy (non-hydrogen) atoms. The Balaban J connectivity index is 2.30. The van der Waals surface area contributed by atoms with E-state index in [4.69, 9.17) is 4.74 Å². The van der Waals surface area contributed by atoms with Gasteiger partial charge in [-0.3, -0.25) is 4.79 Å². The van der Waals surface area contributed by atoms with Crippen molar-refractivity contribution in [2.75, 3.05) is 0 Å². The van der Waals surface area contributed by atoms with Gasteiger partial charge in [-0.2, -0.15) is 0 Å². The number of esters is 1. The van der Waals surface area contributed by atoms with Crippen LogP contribution in [0.25, 0.3) is 0 Å². The van der Waals surface area contributed by atoms with E-state index in [1.807, 2.05) is 44.2 Å². The third kappa shape index (κ3) is 2.36. The third-order valence-corrected chi connectivity index (χ3v) is 3.52. The van der Waals surface area contributed by atoms with Gasteiger partial charge in [0.25, 0.3) is 0 Å². The van der Waals surface area contributed by atoms with E-state index >= 15 is 0 Å². The Morgan fingerprint density at radius 3 is 2.29 bits per heavy atom. The number of carbonyl (C=O) groups is 1. The third-order valence-electron chi connectivity index (χ3n) is 3.52. The molecule has 0 aliphatic heterocycles. The number of hydrogen-bond acceptors (Lipinski definition) is 2. The predicted molar refractivity (Wildman–Crippen MR) is 67.8 cm³/mol. The SMILES string of the molecule is CC(C)OC(=O)C1(c2ccccc2)CCCC1. The molecule has 0 heterocycles. The van der Waals surface area contributed by atoms with Crippen LogP contribution in [0.3, 0.4) is 0 Å². The summed E-state index contributed by atoms with van der Waals surface area (Å²) in [5.41, 5.74) is 0.731. The summed E-state index contributed by atoms with van der Waals surface area (Å²) in [6.45, 7) is 3.82. The van der Waals surface area contributed by atoms with Crippen molar-refractivity contribution in [3.63, 3.8) is 0 Å². The van der Waals surface area contributed by atoms with Crippen molar-refractivity contribution in [3.05, 3.63) is 35.9 Å². The average Bonchev–Trinajstić information content (AvgIpc) is 2.79. The van der Waals surface area contributed by atoms with Crippen molar-refractivity contribution in [2.24, 2.45) is 0 Å². The van der Waals surface area contributed by atoms with E-state index in [-0.39, 0.29) is 17.5 Å². The largest absolute Gasteiger partial charge is 0.462 e. The van der Waals surface area contributed by atoms with Crippen LogP contribution >= 0.6 is 0 Å². The Morgan fingerprint density at radius 1 is 1.18 bits per heavy atom. The Morgan fingerprint density at radius 2 is 1.76 bits per heavy atom. The summed E-state index contributed by atoms with van der Waals surface area (Å²) in [5, 5.41) is 0. The lowest BCUT2D eigenvalue weighted by Crippen LogP contribution is -2.36. The first-order valence-electron chi connectivity index (χ1n) is 6.42. The Hall–Kier alpha value is -1.31. The quantitative estimate of drug-likeness (QED) is 0.746. The Labute approximate surface area is 103 Å². The summed E-state index contributed by atoms with van der Waals surface area (Å²) in [5.74, 6) is -0.0452. The first-order chi connectivity index (χ1) is 8.15. The van der Waals surface area contributed by atoms with Gasteiger partial charge >= 0.3 is 5.97 Å². The van der Waals surface area contributed by atoms with Gasteiger partial charge in [0.2, 0.25) is 0 Å². The van der Waals surface area contributed by atoms with Crippen molar-refractivity contribution in [1.82, 2.24) is 0 Å². The van der Waals surface area contributed by atoms with E-state index in [1.165, 1.54) is 0 Å². The van der Waals surface area contributed by atoms with Crippen molar-refractivity contribution in [3.8, 4) is 0 Å².